The summed E-state index contributed by atoms with van der Waals surface area (Å²) in [6, 6.07) is 6.72. The second-order valence-electron chi connectivity index (χ2n) is 8.37. The number of amides is 1. The van der Waals surface area contributed by atoms with Gasteiger partial charge in [0.25, 0.3) is 6.43 Å². The molecule has 1 aromatic carbocycles. The zero-order valence-electron chi connectivity index (χ0n) is 20.0. The molecule has 0 bridgehead atoms. The Morgan fingerprint density at radius 3 is 2.49 bits per heavy atom. The number of nitrogens with one attached hydrogen (secondary N) is 1. The Morgan fingerprint density at radius 1 is 1.09 bits per heavy atom. The predicted octanol–water partition coefficient (Wildman–Crippen LogP) is 5.44. The number of aryl methyl sites for hydroxylation is 4. The van der Waals surface area contributed by atoms with Crippen molar-refractivity contribution in [1.29, 1.82) is 0 Å². The lowest BCUT2D eigenvalue weighted by atomic mass is 10.1. The molecule has 0 fully saturated rings. The van der Waals surface area contributed by atoms with E-state index in [9.17, 15) is 13.6 Å². The third-order valence-corrected chi connectivity index (χ3v) is 6.12. The summed E-state index contributed by atoms with van der Waals surface area (Å²) in [4.78, 5) is 17.2. The first-order valence-corrected chi connectivity index (χ1v) is 11.3. The first kappa shape index (κ1) is 24.6. The standard InChI is InChI=1S/C24H25ClF2N6O2/c1-12-8-17(6-7-19(12)25)35-11-33-16(5)22(15(4)31-33)29-20(34)10-32-24-21(14(3)30-32)18(23(26)27)9-13(2)28-24/h6-9,23H,10-11H2,1-5H3,(H,29,34). The molecular formula is C24H25ClF2N6O2. The molecule has 0 aliphatic carbocycles. The van der Waals surface area contributed by atoms with Gasteiger partial charge in [0, 0.05) is 16.3 Å². The number of hydrogen-bond donors (Lipinski definition) is 1. The molecule has 0 saturated heterocycles. The van der Waals surface area contributed by atoms with Crippen LogP contribution in [0, 0.1) is 34.6 Å². The van der Waals surface area contributed by atoms with Crippen LogP contribution in [0.15, 0.2) is 24.3 Å². The van der Waals surface area contributed by atoms with Crippen molar-refractivity contribution in [3.8, 4) is 5.75 Å². The van der Waals surface area contributed by atoms with Crippen molar-refractivity contribution in [1.82, 2.24) is 24.5 Å². The summed E-state index contributed by atoms with van der Waals surface area (Å²) in [5.41, 5.74) is 3.71. The van der Waals surface area contributed by atoms with Gasteiger partial charge in [-0.3, -0.25) is 4.79 Å². The summed E-state index contributed by atoms with van der Waals surface area (Å²) in [6.45, 7) is 8.70. The summed E-state index contributed by atoms with van der Waals surface area (Å²) in [6.07, 6.45) is -2.67. The van der Waals surface area contributed by atoms with Crippen molar-refractivity contribution in [3.63, 3.8) is 0 Å². The lowest BCUT2D eigenvalue weighted by molar-refractivity contribution is -0.116. The van der Waals surface area contributed by atoms with E-state index >= 15 is 0 Å². The summed E-state index contributed by atoms with van der Waals surface area (Å²) in [7, 11) is 0. The van der Waals surface area contributed by atoms with Crippen molar-refractivity contribution in [2.75, 3.05) is 5.32 Å². The number of fused-ring (bicyclic) bond motifs is 1. The lowest BCUT2D eigenvalue weighted by Crippen LogP contribution is -2.20. The van der Waals surface area contributed by atoms with Crippen LogP contribution in [0.2, 0.25) is 5.02 Å². The molecule has 35 heavy (non-hydrogen) atoms. The highest BCUT2D eigenvalue weighted by atomic mass is 35.5. The number of hydrogen-bond acceptors (Lipinski definition) is 5. The maximum atomic E-state index is 13.5. The minimum atomic E-state index is -2.67. The molecule has 0 atom stereocenters. The number of pyridine rings is 1. The number of carbonyl (C=O) groups excluding carboxylic acids is 1. The van der Waals surface area contributed by atoms with E-state index in [-0.39, 0.29) is 35.8 Å². The number of alkyl halides is 2. The Labute approximate surface area is 205 Å². The second-order valence-corrected chi connectivity index (χ2v) is 8.78. The van der Waals surface area contributed by atoms with Crippen molar-refractivity contribution in [2.24, 2.45) is 0 Å². The molecule has 0 spiro atoms. The van der Waals surface area contributed by atoms with E-state index in [4.69, 9.17) is 16.3 Å². The van der Waals surface area contributed by atoms with Gasteiger partial charge in [0.1, 0.15) is 12.3 Å². The predicted molar refractivity (Wildman–Crippen MR) is 129 cm³/mol. The van der Waals surface area contributed by atoms with Crippen LogP contribution >= 0.6 is 11.6 Å². The smallest absolute Gasteiger partial charge is 0.264 e. The summed E-state index contributed by atoms with van der Waals surface area (Å²) >= 11 is 6.06. The SMILES string of the molecule is Cc1cc(C(F)F)c2c(C)nn(CC(=O)Nc3c(C)nn(COc4ccc(Cl)c(C)c4)c3C)c2n1. The van der Waals surface area contributed by atoms with Gasteiger partial charge in [0.15, 0.2) is 12.4 Å². The molecule has 11 heteroatoms. The molecule has 0 radical (unpaired) electrons. The van der Waals surface area contributed by atoms with Crippen LogP contribution in [0.25, 0.3) is 11.0 Å². The van der Waals surface area contributed by atoms with Gasteiger partial charge < -0.3 is 10.1 Å². The number of aromatic nitrogens is 5. The third-order valence-electron chi connectivity index (χ3n) is 5.69. The Bertz CT molecular complexity index is 1430. The van der Waals surface area contributed by atoms with E-state index in [1.165, 1.54) is 10.7 Å². The van der Waals surface area contributed by atoms with Crippen LogP contribution in [0.5, 0.6) is 5.75 Å². The van der Waals surface area contributed by atoms with Crippen molar-refractivity contribution >= 4 is 34.2 Å². The molecule has 4 aromatic rings. The number of rotatable bonds is 7. The molecule has 0 saturated carbocycles. The van der Waals surface area contributed by atoms with E-state index < -0.39 is 6.43 Å². The Morgan fingerprint density at radius 2 is 1.80 bits per heavy atom. The second kappa shape index (κ2) is 9.61. The number of halogens is 3. The van der Waals surface area contributed by atoms with Crippen LogP contribution in [0.1, 0.15) is 40.3 Å². The minimum absolute atomic E-state index is 0.138. The van der Waals surface area contributed by atoms with E-state index in [1.807, 2.05) is 19.9 Å². The normalized spacial score (nSPS) is 11.5. The molecule has 3 heterocycles. The van der Waals surface area contributed by atoms with E-state index in [0.717, 1.165) is 5.56 Å². The molecule has 1 N–H and O–H groups in total. The number of nitrogens with zero attached hydrogens (tertiary/aromatic N) is 5. The molecule has 3 aromatic heterocycles. The molecular weight excluding hydrogens is 478 g/mol. The van der Waals surface area contributed by atoms with Crippen molar-refractivity contribution in [2.45, 2.75) is 54.3 Å². The number of ether oxygens (including phenoxy) is 1. The van der Waals surface area contributed by atoms with E-state index in [2.05, 4.69) is 20.5 Å². The van der Waals surface area contributed by atoms with Crippen molar-refractivity contribution in [3.05, 3.63) is 63.2 Å². The molecule has 4 rings (SSSR count). The van der Waals surface area contributed by atoms with E-state index in [0.29, 0.717) is 39.2 Å². The number of anilines is 1. The topological polar surface area (TPSA) is 86.9 Å². The molecule has 8 nitrogen and oxygen atoms in total. The average Bonchev–Trinajstić information content (AvgIpc) is 3.24. The molecule has 1 amide bonds. The highest BCUT2D eigenvalue weighted by molar-refractivity contribution is 6.31. The third kappa shape index (κ3) is 4.97. The molecule has 0 aliphatic rings. The van der Waals surface area contributed by atoms with E-state index in [1.54, 1.807) is 37.6 Å². The maximum absolute atomic E-state index is 13.5. The summed E-state index contributed by atoms with van der Waals surface area (Å²) in [5, 5.41) is 12.5. The fraction of sp³-hybridized carbons (Fsp3) is 0.333. The van der Waals surface area contributed by atoms with Crippen LogP contribution < -0.4 is 10.1 Å². The lowest BCUT2D eigenvalue weighted by Gasteiger charge is -2.10. The van der Waals surface area contributed by atoms with Gasteiger partial charge in [-0.2, -0.15) is 10.2 Å². The van der Waals surface area contributed by atoms with Gasteiger partial charge in [-0.25, -0.2) is 23.1 Å². The van der Waals surface area contributed by atoms with Gasteiger partial charge in [-0.05, 0) is 64.4 Å². The number of carbonyl (C=O) groups is 1. The highest BCUT2D eigenvalue weighted by Crippen LogP contribution is 2.30. The molecule has 0 unspecified atom stereocenters. The highest BCUT2D eigenvalue weighted by Gasteiger charge is 2.21. The quantitative estimate of drug-likeness (QED) is 0.364. The zero-order chi connectivity index (χ0) is 25.4. The number of benzene rings is 1. The van der Waals surface area contributed by atoms with Gasteiger partial charge >= 0.3 is 0 Å². The fourth-order valence-corrected chi connectivity index (χ4v) is 4.08. The Kier molecular flexibility index (Phi) is 6.75. The summed E-state index contributed by atoms with van der Waals surface area (Å²) < 4.78 is 35.9. The summed E-state index contributed by atoms with van der Waals surface area (Å²) in [5.74, 6) is 0.272. The van der Waals surface area contributed by atoms with Crippen LogP contribution in [-0.4, -0.2) is 30.5 Å². The van der Waals surface area contributed by atoms with Crippen LogP contribution in [0.3, 0.4) is 0 Å². The first-order valence-electron chi connectivity index (χ1n) is 10.9. The van der Waals surface area contributed by atoms with Crippen LogP contribution in [0.4, 0.5) is 14.5 Å². The minimum Gasteiger partial charge on any atom is -0.471 e. The average molecular weight is 503 g/mol. The Hall–Kier alpha value is -3.53. The Balaban J connectivity index is 1.51. The molecule has 184 valence electrons. The largest absolute Gasteiger partial charge is 0.471 e. The zero-order valence-corrected chi connectivity index (χ0v) is 20.7. The van der Waals surface area contributed by atoms with Crippen molar-refractivity contribution < 1.29 is 18.3 Å². The monoisotopic (exact) mass is 502 g/mol. The van der Waals surface area contributed by atoms with Gasteiger partial charge in [0.05, 0.1) is 28.2 Å². The fourth-order valence-electron chi connectivity index (χ4n) is 3.96. The van der Waals surface area contributed by atoms with Gasteiger partial charge in [0.2, 0.25) is 5.91 Å². The van der Waals surface area contributed by atoms with Crippen LogP contribution in [-0.2, 0) is 18.1 Å². The molecule has 0 aliphatic heterocycles. The maximum Gasteiger partial charge on any atom is 0.264 e. The first-order chi connectivity index (χ1) is 16.5. The van der Waals surface area contributed by atoms with Gasteiger partial charge in [-0.15, -0.1) is 0 Å². The van der Waals surface area contributed by atoms with Gasteiger partial charge in [-0.1, -0.05) is 11.6 Å².